The number of para-hydroxylation sites is 1. The fourth-order valence-corrected chi connectivity index (χ4v) is 1.61. The summed E-state index contributed by atoms with van der Waals surface area (Å²) in [5.41, 5.74) is 1.18. The van der Waals surface area contributed by atoms with Crippen molar-refractivity contribution >= 4 is 5.97 Å². The van der Waals surface area contributed by atoms with Gasteiger partial charge in [-0.1, -0.05) is 32.0 Å². The maximum Gasteiger partial charge on any atom is 0.337 e. The molecule has 0 aliphatic carbocycles. The molecule has 16 heavy (non-hydrogen) atoms. The summed E-state index contributed by atoms with van der Waals surface area (Å²) in [6, 6.07) is 5.14. The number of carboxylic acid groups (broad SMARTS) is 1. The quantitative estimate of drug-likeness (QED) is 0.820. The first-order valence-corrected chi connectivity index (χ1v) is 5.06. The average molecular weight is 224 g/mol. The molecular weight excluding hydrogens is 208 g/mol. The standard InChI is InChI=1S/C12H16O4/c1-7(2)8-5-4-6-9(11(8)16-3)10(13)12(14)15/h4-7,10,13H,1-3H3,(H,14,15). The number of hydrogen-bond donors (Lipinski definition) is 2. The molecule has 1 aromatic carbocycles. The molecule has 0 heterocycles. The van der Waals surface area contributed by atoms with Crippen LogP contribution in [0, 0.1) is 0 Å². The van der Waals surface area contributed by atoms with E-state index in [1.165, 1.54) is 7.11 Å². The number of aliphatic hydroxyl groups excluding tert-OH is 1. The van der Waals surface area contributed by atoms with E-state index in [2.05, 4.69) is 0 Å². The van der Waals surface area contributed by atoms with E-state index in [0.717, 1.165) is 5.56 Å². The maximum atomic E-state index is 10.7. The molecule has 0 bridgehead atoms. The number of methoxy groups -OCH3 is 1. The van der Waals surface area contributed by atoms with E-state index in [1.54, 1.807) is 12.1 Å². The predicted octanol–water partition coefficient (Wildman–Crippen LogP) is 1.94. The molecule has 4 heteroatoms. The van der Waals surface area contributed by atoms with Crippen LogP contribution in [0.5, 0.6) is 5.75 Å². The van der Waals surface area contributed by atoms with E-state index >= 15 is 0 Å². The van der Waals surface area contributed by atoms with Crippen molar-refractivity contribution in [3.05, 3.63) is 29.3 Å². The molecule has 0 aromatic heterocycles. The molecular formula is C12H16O4. The summed E-state index contributed by atoms with van der Waals surface area (Å²) in [6.45, 7) is 3.96. The molecule has 0 aliphatic rings. The molecule has 0 fully saturated rings. The minimum Gasteiger partial charge on any atom is -0.496 e. The van der Waals surface area contributed by atoms with E-state index in [0.29, 0.717) is 11.3 Å². The molecule has 0 aliphatic heterocycles. The van der Waals surface area contributed by atoms with E-state index in [4.69, 9.17) is 9.84 Å². The van der Waals surface area contributed by atoms with Gasteiger partial charge in [0.2, 0.25) is 0 Å². The van der Waals surface area contributed by atoms with Crippen LogP contribution in [0.3, 0.4) is 0 Å². The Kier molecular flexibility index (Phi) is 3.90. The van der Waals surface area contributed by atoms with Gasteiger partial charge in [-0.2, -0.15) is 0 Å². The zero-order chi connectivity index (χ0) is 12.3. The number of carboxylic acids is 1. The Morgan fingerprint density at radius 2 is 1.88 bits per heavy atom. The summed E-state index contributed by atoms with van der Waals surface area (Å²) in [6.07, 6.45) is -1.55. The number of aliphatic carboxylic acids is 1. The average Bonchev–Trinajstić information content (AvgIpc) is 2.26. The highest BCUT2D eigenvalue weighted by atomic mass is 16.5. The van der Waals surface area contributed by atoms with Crippen LogP contribution < -0.4 is 4.74 Å². The van der Waals surface area contributed by atoms with E-state index < -0.39 is 12.1 Å². The second kappa shape index (κ2) is 4.99. The van der Waals surface area contributed by atoms with Crippen LogP contribution in [0.2, 0.25) is 0 Å². The van der Waals surface area contributed by atoms with Crippen LogP contribution in [0.25, 0.3) is 0 Å². The largest absolute Gasteiger partial charge is 0.496 e. The Bertz CT molecular complexity index is 385. The number of hydrogen-bond acceptors (Lipinski definition) is 3. The third-order valence-corrected chi connectivity index (χ3v) is 2.43. The first kappa shape index (κ1) is 12.5. The lowest BCUT2D eigenvalue weighted by molar-refractivity contribution is -0.147. The maximum absolute atomic E-state index is 10.7. The van der Waals surface area contributed by atoms with Crippen molar-refractivity contribution in [1.82, 2.24) is 0 Å². The molecule has 2 N–H and O–H groups in total. The molecule has 1 rings (SSSR count). The lowest BCUT2D eigenvalue weighted by Crippen LogP contribution is -2.12. The zero-order valence-corrected chi connectivity index (χ0v) is 9.60. The highest BCUT2D eigenvalue weighted by Crippen LogP contribution is 2.33. The Morgan fingerprint density at radius 1 is 1.31 bits per heavy atom. The number of ether oxygens (including phenoxy) is 1. The first-order chi connectivity index (χ1) is 7.49. The molecule has 0 saturated carbocycles. The van der Waals surface area contributed by atoms with Crippen LogP contribution in [-0.2, 0) is 4.79 Å². The fraction of sp³-hybridized carbons (Fsp3) is 0.417. The Labute approximate surface area is 94.5 Å². The van der Waals surface area contributed by atoms with Gasteiger partial charge in [-0.3, -0.25) is 0 Å². The van der Waals surface area contributed by atoms with Gasteiger partial charge in [-0.15, -0.1) is 0 Å². The number of benzene rings is 1. The highest BCUT2D eigenvalue weighted by molar-refractivity contribution is 5.75. The molecule has 0 amide bonds. The Hall–Kier alpha value is -1.55. The monoisotopic (exact) mass is 224 g/mol. The Morgan fingerprint density at radius 3 is 2.31 bits per heavy atom. The van der Waals surface area contributed by atoms with Crippen molar-refractivity contribution in [2.24, 2.45) is 0 Å². The van der Waals surface area contributed by atoms with Gasteiger partial charge in [0, 0.05) is 5.56 Å². The third kappa shape index (κ3) is 2.33. The highest BCUT2D eigenvalue weighted by Gasteiger charge is 2.22. The van der Waals surface area contributed by atoms with Crippen LogP contribution in [-0.4, -0.2) is 23.3 Å². The minimum atomic E-state index is -1.55. The van der Waals surface area contributed by atoms with Crippen molar-refractivity contribution in [3.8, 4) is 5.75 Å². The first-order valence-electron chi connectivity index (χ1n) is 5.06. The Balaban J connectivity index is 3.29. The molecule has 0 spiro atoms. The summed E-state index contributed by atoms with van der Waals surface area (Å²) in [4.78, 5) is 10.7. The molecule has 0 saturated heterocycles. The lowest BCUT2D eigenvalue weighted by atomic mass is 9.97. The topological polar surface area (TPSA) is 66.8 Å². The summed E-state index contributed by atoms with van der Waals surface area (Å²) in [5, 5.41) is 18.3. The second-order valence-corrected chi connectivity index (χ2v) is 3.87. The van der Waals surface area contributed by atoms with Crippen LogP contribution >= 0.6 is 0 Å². The van der Waals surface area contributed by atoms with Gasteiger partial charge in [0.25, 0.3) is 0 Å². The van der Waals surface area contributed by atoms with Crippen molar-refractivity contribution < 1.29 is 19.7 Å². The number of rotatable bonds is 4. The fourth-order valence-electron chi connectivity index (χ4n) is 1.61. The van der Waals surface area contributed by atoms with Gasteiger partial charge in [-0.05, 0) is 11.5 Å². The van der Waals surface area contributed by atoms with Crippen molar-refractivity contribution in [1.29, 1.82) is 0 Å². The van der Waals surface area contributed by atoms with Crippen molar-refractivity contribution in [2.75, 3.05) is 7.11 Å². The van der Waals surface area contributed by atoms with E-state index in [-0.39, 0.29) is 5.92 Å². The SMILES string of the molecule is COc1c(C(C)C)cccc1C(O)C(=O)O. The molecule has 88 valence electrons. The van der Waals surface area contributed by atoms with Gasteiger partial charge >= 0.3 is 5.97 Å². The van der Waals surface area contributed by atoms with Gasteiger partial charge in [0.15, 0.2) is 6.10 Å². The minimum absolute atomic E-state index is 0.205. The van der Waals surface area contributed by atoms with Crippen molar-refractivity contribution in [3.63, 3.8) is 0 Å². The van der Waals surface area contributed by atoms with Crippen LogP contribution in [0.15, 0.2) is 18.2 Å². The normalized spacial score (nSPS) is 12.6. The molecule has 1 aromatic rings. The molecule has 1 atom stereocenters. The van der Waals surface area contributed by atoms with Gasteiger partial charge in [0.05, 0.1) is 7.11 Å². The zero-order valence-electron chi connectivity index (χ0n) is 9.60. The van der Waals surface area contributed by atoms with Crippen LogP contribution in [0.4, 0.5) is 0 Å². The van der Waals surface area contributed by atoms with Crippen molar-refractivity contribution in [2.45, 2.75) is 25.9 Å². The molecule has 0 radical (unpaired) electrons. The van der Waals surface area contributed by atoms with E-state index in [9.17, 15) is 9.90 Å². The second-order valence-electron chi connectivity index (χ2n) is 3.87. The smallest absolute Gasteiger partial charge is 0.337 e. The van der Waals surface area contributed by atoms with Gasteiger partial charge in [-0.25, -0.2) is 4.79 Å². The predicted molar refractivity (Wildman–Crippen MR) is 59.7 cm³/mol. The summed E-state index contributed by atoms with van der Waals surface area (Å²) in [5.74, 6) is -0.623. The van der Waals surface area contributed by atoms with Gasteiger partial charge in [0.1, 0.15) is 5.75 Å². The third-order valence-electron chi connectivity index (χ3n) is 2.43. The number of aliphatic hydroxyl groups is 1. The molecule has 1 unspecified atom stereocenters. The van der Waals surface area contributed by atoms with Crippen LogP contribution in [0.1, 0.15) is 37.0 Å². The number of carbonyl (C=O) groups is 1. The lowest BCUT2D eigenvalue weighted by Gasteiger charge is -2.17. The molecule has 4 nitrogen and oxygen atoms in total. The van der Waals surface area contributed by atoms with Gasteiger partial charge < -0.3 is 14.9 Å². The summed E-state index contributed by atoms with van der Waals surface area (Å²) in [7, 11) is 1.47. The summed E-state index contributed by atoms with van der Waals surface area (Å²) < 4.78 is 5.19. The summed E-state index contributed by atoms with van der Waals surface area (Å²) >= 11 is 0. The van der Waals surface area contributed by atoms with E-state index in [1.807, 2.05) is 19.9 Å².